The molecule has 0 saturated carbocycles. The summed E-state index contributed by atoms with van der Waals surface area (Å²) >= 11 is 12.3. The first kappa shape index (κ1) is 13.5. The first-order chi connectivity index (χ1) is 9.70. The van der Waals surface area contributed by atoms with E-state index in [0.717, 1.165) is 22.5 Å². The molecule has 3 aromatic rings. The zero-order valence-electron chi connectivity index (χ0n) is 11.1. The molecule has 1 heterocycles. The van der Waals surface area contributed by atoms with Gasteiger partial charge in [0.25, 0.3) is 0 Å². The average Bonchev–Trinajstić information content (AvgIpc) is 2.80. The molecule has 0 aliphatic heterocycles. The third-order valence-electron chi connectivity index (χ3n) is 3.31. The number of imidazole rings is 1. The van der Waals surface area contributed by atoms with E-state index in [4.69, 9.17) is 23.2 Å². The number of rotatable bonds is 3. The van der Waals surface area contributed by atoms with Gasteiger partial charge in [0, 0.05) is 18.0 Å². The maximum Gasteiger partial charge on any atom is 0.115 e. The molecule has 2 aromatic carbocycles. The van der Waals surface area contributed by atoms with E-state index in [1.54, 1.807) is 0 Å². The number of benzene rings is 2. The van der Waals surface area contributed by atoms with Crippen molar-refractivity contribution in [3.8, 4) is 5.69 Å². The van der Waals surface area contributed by atoms with Gasteiger partial charge in [-0.15, -0.1) is 11.6 Å². The lowest BCUT2D eigenvalue weighted by Gasteiger charge is -2.09. The molecule has 0 unspecified atom stereocenters. The van der Waals surface area contributed by atoms with Crippen molar-refractivity contribution in [3.63, 3.8) is 0 Å². The van der Waals surface area contributed by atoms with Gasteiger partial charge in [-0.05, 0) is 31.2 Å². The van der Waals surface area contributed by atoms with Crippen LogP contribution < -0.4 is 0 Å². The molecule has 0 bridgehead atoms. The summed E-state index contributed by atoms with van der Waals surface area (Å²) in [5.74, 6) is 1.47. The van der Waals surface area contributed by atoms with E-state index >= 15 is 0 Å². The topological polar surface area (TPSA) is 17.8 Å². The van der Waals surface area contributed by atoms with Crippen LogP contribution in [0, 0.1) is 6.92 Å². The zero-order valence-corrected chi connectivity index (χ0v) is 12.6. The summed E-state index contributed by atoms with van der Waals surface area (Å²) in [6, 6.07) is 14.1. The minimum Gasteiger partial charge on any atom is -0.295 e. The quantitative estimate of drug-likeness (QED) is 0.637. The smallest absolute Gasteiger partial charge is 0.115 e. The van der Waals surface area contributed by atoms with E-state index in [9.17, 15) is 0 Å². The van der Waals surface area contributed by atoms with Gasteiger partial charge in [-0.1, -0.05) is 35.4 Å². The fourth-order valence-corrected chi connectivity index (χ4v) is 2.78. The van der Waals surface area contributed by atoms with Crippen LogP contribution in [0.15, 0.2) is 42.5 Å². The molecule has 102 valence electrons. The van der Waals surface area contributed by atoms with E-state index in [1.807, 2.05) is 18.2 Å². The van der Waals surface area contributed by atoms with Crippen LogP contribution >= 0.6 is 23.2 Å². The summed E-state index contributed by atoms with van der Waals surface area (Å²) in [4.78, 5) is 4.66. The third kappa shape index (κ3) is 2.30. The van der Waals surface area contributed by atoms with Crippen molar-refractivity contribution in [1.29, 1.82) is 0 Å². The van der Waals surface area contributed by atoms with Gasteiger partial charge in [-0.3, -0.25) is 4.57 Å². The first-order valence-corrected chi connectivity index (χ1v) is 7.41. The van der Waals surface area contributed by atoms with Gasteiger partial charge >= 0.3 is 0 Å². The number of nitrogens with zero attached hydrogens (tertiary/aromatic N) is 2. The van der Waals surface area contributed by atoms with Gasteiger partial charge in [0.15, 0.2) is 0 Å². The monoisotopic (exact) mass is 304 g/mol. The van der Waals surface area contributed by atoms with Crippen molar-refractivity contribution in [2.45, 2.75) is 13.3 Å². The summed E-state index contributed by atoms with van der Waals surface area (Å²) in [5, 5.41) is 0.705. The molecule has 1 aromatic heterocycles. The summed E-state index contributed by atoms with van der Waals surface area (Å²) in [5.41, 5.74) is 4.13. The Morgan fingerprint density at radius 1 is 1.10 bits per heavy atom. The predicted octanol–water partition coefficient (Wildman–Crippen LogP) is 4.77. The summed E-state index contributed by atoms with van der Waals surface area (Å²) in [7, 11) is 0. The standard InChI is InChI=1S/C16H14Cl2N2/c1-11-5-7-12(8-6-11)20-15(9-10-17)19-14-4-2-3-13(18)16(14)20/h2-8H,9-10H2,1H3. The van der Waals surface area contributed by atoms with Crippen molar-refractivity contribution >= 4 is 34.2 Å². The fraction of sp³-hybridized carbons (Fsp3) is 0.188. The summed E-state index contributed by atoms with van der Waals surface area (Å²) in [6.07, 6.45) is 0.709. The molecule has 0 radical (unpaired) electrons. The Morgan fingerprint density at radius 2 is 1.85 bits per heavy atom. The number of fused-ring (bicyclic) bond motifs is 1. The second-order valence-corrected chi connectivity index (χ2v) is 5.53. The zero-order chi connectivity index (χ0) is 14.1. The number of hydrogen-bond donors (Lipinski definition) is 0. The van der Waals surface area contributed by atoms with Crippen LogP contribution in [-0.4, -0.2) is 15.4 Å². The van der Waals surface area contributed by atoms with Crippen molar-refractivity contribution in [3.05, 3.63) is 58.9 Å². The highest BCUT2D eigenvalue weighted by atomic mass is 35.5. The van der Waals surface area contributed by atoms with E-state index in [2.05, 4.69) is 40.7 Å². The van der Waals surface area contributed by atoms with Crippen molar-refractivity contribution in [2.75, 3.05) is 5.88 Å². The van der Waals surface area contributed by atoms with Crippen molar-refractivity contribution in [1.82, 2.24) is 9.55 Å². The number of halogens is 2. The Morgan fingerprint density at radius 3 is 2.55 bits per heavy atom. The van der Waals surface area contributed by atoms with Gasteiger partial charge in [-0.25, -0.2) is 4.98 Å². The number of hydrogen-bond acceptors (Lipinski definition) is 1. The van der Waals surface area contributed by atoms with E-state index in [0.29, 0.717) is 17.3 Å². The molecule has 0 saturated heterocycles. The number of alkyl halides is 1. The van der Waals surface area contributed by atoms with Crippen LogP contribution in [0.2, 0.25) is 5.02 Å². The lowest BCUT2D eigenvalue weighted by molar-refractivity contribution is 0.912. The van der Waals surface area contributed by atoms with Crippen molar-refractivity contribution in [2.24, 2.45) is 0 Å². The van der Waals surface area contributed by atoms with Gasteiger partial charge in [-0.2, -0.15) is 0 Å². The molecule has 2 nitrogen and oxygen atoms in total. The number of para-hydroxylation sites is 1. The van der Waals surface area contributed by atoms with Gasteiger partial charge in [0.2, 0.25) is 0 Å². The lowest BCUT2D eigenvalue weighted by Crippen LogP contribution is -2.02. The third-order valence-corrected chi connectivity index (χ3v) is 3.80. The minimum atomic E-state index is 0.535. The van der Waals surface area contributed by atoms with E-state index in [1.165, 1.54) is 5.56 Å². The molecule has 3 rings (SSSR count). The van der Waals surface area contributed by atoms with Crippen LogP contribution in [0.1, 0.15) is 11.4 Å². The highest BCUT2D eigenvalue weighted by Crippen LogP contribution is 2.28. The Bertz CT molecular complexity index is 745. The SMILES string of the molecule is Cc1ccc(-n2c(CCCl)nc3cccc(Cl)c32)cc1. The van der Waals surface area contributed by atoms with Crippen LogP contribution in [0.3, 0.4) is 0 Å². The Balaban J connectivity index is 2.30. The molecule has 0 spiro atoms. The molecule has 0 fully saturated rings. The Kier molecular flexibility index (Phi) is 3.68. The lowest BCUT2D eigenvalue weighted by atomic mass is 10.2. The first-order valence-electron chi connectivity index (χ1n) is 6.49. The van der Waals surface area contributed by atoms with Crippen molar-refractivity contribution < 1.29 is 0 Å². The van der Waals surface area contributed by atoms with E-state index in [-0.39, 0.29) is 0 Å². The highest BCUT2D eigenvalue weighted by Gasteiger charge is 2.14. The largest absolute Gasteiger partial charge is 0.295 e. The summed E-state index contributed by atoms with van der Waals surface area (Å²) in [6.45, 7) is 2.07. The molecule has 0 amide bonds. The number of aromatic nitrogens is 2. The van der Waals surface area contributed by atoms with Crippen LogP contribution in [-0.2, 0) is 6.42 Å². The van der Waals surface area contributed by atoms with Crippen LogP contribution in [0.5, 0.6) is 0 Å². The summed E-state index contributed by atoms with van der Waals surface area (Å²) < 4.78 is 2.10. The fourth-order valence-electron chi connectivity index (χ4n) is 2.36. The van der Waals surface area contributed by atoms with Crippen LogP contribution in [0.25, 0.3) is 16.7 Å². The number of aryl methyl sites for hydroxylation is 2. The molecule has 4 heteroatoms. The van der Waals surface area contributed by atoms with Gasteiger partial charge in [0.05, 0.1) is 16.1 Å². The van der Waals surface area contributed by atoms with Gasteiger partial charge in [0.1, 0.15) is 5.82 Å². The molecule has 0 atom stereocenters. The Labute approximate surface area is 128 Å². The molecule has 0 N–H and O–H groups in total. The maximum atomic E-state index is 6.36. The van der Waals surface area contributed by atoms with Crippen LogP contribution in [0.4, 0.5) is 0 Å². The normalized spacial score (nSPS) is 11.2. The maximum absolute atomic E-state index is 6.36. The highest BCUT2D eigenvalue weighted by molar-refractivity contribution is 6.35. The molecule has 0 aliphatic carbocycles. The molecule has 0 aliphatic rings. The second-order valence-electron chi connectivity index (χ2n) is 4.75. The molecular weight excluding hydrogens is 291 g/mol. The molecule has 20 heavy (non-hydrogen) atoms. The minimum absolute atomic E-state index is 0.535. The predicted molar refractivity (Wildman–Crippen MR) is 85.2 cm³/mol. The van der Waals surface area contributed by atoms with Gasteiger partial charge < -0.3 is 0 Å². The van der Waals surface area contributed by atoms with E-state index < -0.39 is 0 Å². The molecular formula is C16H14Cl2N2. The second kappa shape index (κ2) is 5.47. The Hall–Kier alpha value is -1.51. The average molecular weight is 305 g/mol.